The number of nitrogens with zero attached hydrogens (tertiary/aromatic N) is 4. The van der Waals surface area contributed by atoms with Gasteiger partial charge in [-0.2, -0.15) is 18.6 Å². The van der Waals surface area contributed by atoms with E-state index in [0.717, 1.165) is 0 Å². The van der Waals surface area contributed by atoms with Crippen LogP contribution in [-0.2, 0) is 31.6 Å². The van der Waals surface area contributed by atoms with E-state index in [1.54, 1.807) is 7.05 Å². The molecular weight excluding hydrogens is 517 g/mol. The molecule has 0 radical (unpaired) electrons. The lowest BCUT2D eigenvalue weighted by Gasteiger charge is -2.19. The van der Waals surface area contributed by atoms with Crippen LogP contribution >= 0.6 is 23.5 Å². The van der Waals surface area contributed by atoms with E-state index in [1.165, 1.54) is 10.9 Å². The lowest BCUT2D eigenvalue weighted by Crippen LogP contribution is -2.33. The van der Waals surface area contributed by atoms with Crippen molar-refractivity contribution in [2.45, 2.75) is 24.5 Å². The van der Waals surface area contributed by atoms with Gasteiger partial charge in [-0.1, -0.05) is 0 Å². The monoisotopic (exact) mass is 536 g/mol. The number of rotatable bonds is 9. The third kappa shape index (κ3) is 6.12. The van der Waals surface area contributed by atoms with Gasteiger partial charge in [0.15, 0.2) is 23.2 Å². The van der Waals surface area contributed by atoms with Gasteiger partial charge in [-0.15, -0.1) is 0 Å². The Hall–Kier alpha value is -1.56. The van der Waals surface area contributed by atoms with Gasteiger partial charge in [-0.3, -0.25) is 9.09 Å². The number of nitrogens with one attached hydrogen (secondary N) is 1. The van der Waals surface area contributed by atoms with Crippen LogP contribution < -0.4 is 11.1 Å². The molecule has 0 aliphatic carbocycles. The first-order valence-electron chi connectivity index (χ1n) is 8.60. The van der Waals surface area contributed by atoms with Crippen molar-refractivity contribution in [1.82, 2.24) is 19.5 Å². The Morgan fingerprint density at radius 3 is 2.39 bits per heavy atom. The van der Waals surface area contributed by atoms with Crippen LogP contribution in [0, 0.1) is 0 Å². The van der Waals surface area contributed by atoms with Crippen molar-refractivity contribution < 1.29 is 61.4 Å². The maximum Gasteiger partial charge on any atom is 0.490 e. The van der Waals surface area contributed by atoms with Gasteiger partial charge in [-0.25, -0.2) is 18.7 Å². The molecule has 1 aliphatic rings. The lowest BCUT2D eigenvalue weighted by molar-refractivity contribution is -0.0503. The average molecular weight is 536 g/mol. The molecule has 0 spiro atoms. The minimum atomic E-state index is -5.71. The highest BCUT2D eigenvalue weighted by Crippen LogP contribution is 2.66. The predicted molar refractivity (Wildman–Crippen MR) is 105 cm³/mol. The first kappa shape index (κ1) is 26.1. The SMILES string of the molecule is CNc1nc(N)nc2c1ncn2C1OC(COP(=O)(O)OP(=O)(O)OP(=O)(O)O)C(O)C1O. The molecule has 1 fully saturated rings. The van der Waals surface area contributed by atoms with Crippen LogP contribution in [-0.4, -0.2) is 81.3 Å². The van der Waals surface area contributed by atoms with Gasteiger partial charge in [0, 0.05) is 7.05 Å². The maximum atomic E-state index is 11.8. The second-order valence-electron chi connectivity index (χ2n) is 6.44. The molecule has 0 amide bonds. The van der Waals surface area contributed by atoms with Gasteiger partial charge in [0.25, 0.3) is 0 Å². The summed E-state index contributed by atoms with van der Waals surface area (Å²) in [5.41, 5.74) is 6.03. The third-order valence-corrected chi connectivity index (χ3v) is 7.91. The summed E-state index contributed by atoms with van der Waals surface area (Å²) < 4.78 is 52.1. The van der Waals surface area contributed by atoms with Crippen LogP contribution in [0.15, 0.2) is 6.33 Å². The number of nitrogen functional groups attached to an aromatic ring is 1. The van der Waals surface area contributed by atoms with Crippen molar-refractivity contribution in [2.24, 2.45) is 0 Å². The minimum Gasteiger partial charge on any atom is -0.387 e. The molecular formula is C11H19N6O13P3. The zero-order valence-electron chi connectivity index (χ0n) is 16.3. The molecule has 33 heavy (non-hydrogen) atoms. The average Bonchev–Trinajstić information content (AvgIpc) is 3.18. The topological polar surface area (TPSA) is 291 Å². The Morgan fingerprint density at radius 1 is 1.12 bits per heavy atom. The second kappa shape index (κ2) is 9.24. The maximum absolute atomic E-state index is 11.8. The normalized spacial score (nSPS) is 27.4. The van der Waals surface area contributed by atoms with E-state index in [0.29, 0.717) is 0 Å². The Morgan fingerprint density at radius 2 is 1.79 bits per heavy atom. The minimum absolute atomic E-state index is 0.122. The first-order chi connectivity index (χ1) is 15.1. The van der Waals surface area contributed by atoms with E-state index < -0.39 is 54.6 Å². The van der Waals surface area contributed by atoms with E-state index in [1.807, 2.05) is 0 Å². The summed E-state index contributed by atoms with van der Waals surface area (Å²) in [6.45, 7) is -0.968. The van der Waals surface area contributed by atoms with Crippen molar-refractivity contribution in [3.63, 3.8) is 0 Å². The summed E-state index contributed by atoms with van der Waals surface area (Å²) in [6.07, 6.45) is -4.90. The molecule has 0 aromatic carbocycles. The fourth-order valence-electron chi connectivity index (χ4n) is 2.86. The van der Waals surface area contributed by atoms with Crippen molar-refractivity contribution in [3.05, 3.63) is 6.33 Å². The van der Waals surface area contributed by atoms with Gasteiger partial charge in [0.2, 0.25) is 5.95 Å². The van der Waals surface area contributed by atoms with Crippen molar-refractivity contribution in [3.8, 4) is 0 Å². The molecule has 1 saturated heterocycles. The summed E-state index contributed by atoms with van der Waals surface area (Å²) >= 11 is 0. The number of imidazole rings is 1. The number of fused-ring (bicyclic) bond motifs is 1. The van der Waals surface area contributed by atoms with Crippen LogP contribution in [0.4, 0.5) is 11.8 Å². The number of aromatic nitrogens is 4. The van der Waals surface area contributed by atoms with Crippen molar-refractivity contribution in [1.29, 1.82) is 0 Å². The highest BCUT2D eigenvalue weighted by atomic mass is 31.3. The fraction of sp³-hybridized carbons (Fsp3) is 0.545. The zero-order valence-corrected chi connectivity index (χ0v) is 19.0. The van der Waals surface area contributed by atoms with Gasteiger partial charge in [0.05, 0.1) is 12.9 Å². The Labute approximate surface area is 183 Å². The first-order valence-corrected chi connectivity index (χ1v) is 13.1. The van der Waals surface area contributed by atoms with E-state index in [4.69, 9.17) is 25.2 Å². The Bertz CT molecular complexity index is 1170. The van der Waals surface area contributed by atoms with Crippen LogP contribution in [0.5, 0.6) is 0 Å². The van der Waals surface area contributed by atoms with Gasteiger partial charge in [-0.05, 0) is 0 Å². The highest BCUT2D eigenvalue weighted by molar-refractivity contribution is 7.66. The number of anilines is 2. The summed E-state index contributed by atoms with van der Waals surface area (Å²) in [4.78, 5) is 47.8. The summed E-state index contributed by atoms with van der Waals surface area (Å²) in [5, 5.41) is 23.4. The highest BCUT2D eigenvalue weighted by Gasteiger charge is 2.47. The summed E-state index contributed by atoms with van der Waals surface area (Å²) in [6, 6.07) is 0. The van der Waals surface area contributed by atoms with E-state index in [2.05, 4.69) is 33.4 Å². The zero-order chi connectivity index (χ0) is 24.8. The number of hydrogen-bond acceptors (Lipinski definition) is 14. The summed E-state index contributed by atoms with van der Waals surface area (Å²) in [7, 11) is -15.2. The quantitative estimate of drug-likeness (QED) is 0.168. The molecule has 3 rings (SSSR count). The van der Waals surface area contributed by atoms with Gasteiger partial charge in [0.1, 0.15) is 18.3 Å². The van der Waals surface area contributed by atoms with Gasteiger partial charge >= 0.3 is 23.5 Å². The number of phosphoric acid groups is 3. The van der Waals surface area contributed by atoms with Crippen LogP contribution in [0.1, 0.15) is 6.23 Å². The number of phosphoric ester groups is 1. The third-order valence-electron chi connectivity index (χ3n) is 4.10. The van der Waals surface area contributed by atoms with Crippen LogP contribution in [0.25, 0.3) is 11.2 Å². The standard InChI is InChI=1S/C11H19N6O13P3/c1-13-8-5-9(16-11(12)15-8)17(3-14-5)10-7(19)6(18)4(28-10)2-27-32(23,24)30-33(25,26)29-31(20,21)22/h3-4,6-7,10,18-19H,2H2,1H3,(H,23,24)(H,25,26)(H2,20,21,22)(H3,12,13,15,16). The molecule has 0 saturated carbocycles. The largest absolute Gasteiger partial charge is 0.490 e. The van der Waals surface area contributed by atoms with Gasteiger partial charge < -0.3 is 45.6 Å². The molecule has 6 unspecified atom stereocenters. The molecule has 6 atom stereocenters. The Kier molecular flexibility index (Phi) is 7.29. The van der Waals surface area contributed by atoms with E-state index in [9.17, 15) is 28.8 Å². The number of ether oxygens (including phenoxy) is 1. The van der Waals surface area contributed by atoms with Crippen LogP contribution in [0.3, 0.4) is 0 Å². The fourth-order valence-corrected chi connectivity index (χ4v) is 5.89. The summed E-state index contributed by atoms with van der Waals surface area (Å²) in [5.74, 6) is 0.138. The lowest BCUT2D eigenvalue weighted by atomic mass is 10.1. The number of hydrogen-bond donors (Lipinski definition) is 8. The number of aliphatic hydroxyl groups is 2. The second-order valence-corrected chi connectivity index (χ2v) is 10.9. The molecule has 9 N–H and O–H groups in total. The predicted octanol–water partition coefficient (Wildman–Crippen LogP) is -1.59. The molecule has 19 nitrogen and oxygen atoms in total. The van der Waals surface area contributed by atoms with Crippen LogP contribution in [0.2, 0.25) is 0 Å². The molecule has 0 bridgehead atoms. The molecule has 186 valence electrons. The Balaban J connectivity index is 1.73. The van der Waals surface area contributed by atoms with Crippen molar-refractivity contribution >= 4 is 46.4 Å². The van der Waals surface area contributed by atoms with Crippen molar-refractivity contribution in [2.75, 3.05) is 24.7 Å². The molecule has 1 aliphatic heterocycles. The number of nitrogens with two attached hydrogens (primary N) is 1. The molecule has 2 aromatic heterocycles. The van der Waals surface area contributed by atoms with E-state index >= 15 is 0 Å². The molecule has 2 aromatic rings. The molecule has 3 heterocycles. The number of aliphatic hydroxyl groups excluding tert-OH is 2. The smallest absolute Gasteiger partial charge is 0.387 e. The molecule has 22 heteroatoms. The van der Waals surface area contributed by atoms with E-state index in [-0.39, 0.29) is 22.9 Å².